The van der Waals surface area contributed by atoms with Gasteiger partial charge in [-0.1, -0.05) is 44.2 Å². The number of aliphatic hydroxyl groups is 1. The number of pyridine rings is 1. The summed E-state index contributed by atoms with van der Waals surface area (Å²) in [6.07, 6.45) is 5.75. The van der Waals surface area contributed by atoms with Gasteiger partial charge < -0.3 is 5.11 Å². The van der Waals surface area contributed by atoms with E-state index in [2.05, 4.69) is 24.9 Å². The third-order valence-corrected chi connectivity index (χ3v) is 2.96. The number of fused-ring (bicyclic) bond motifs is 1. The summed E-state index contributed by atoms with van der Waals surface area (Å²) in [5.41, 5.74) is 2.10. The van der Waals surface area contributed by atoms with Crippen LogP contribution in [-0.4, -0.2) is 16.7 Å². The molecule has 1 aromatic heterocycles. The number of nitrogens with zero attached hydrogens (tertiary/aromatic N) is 1. The molecule has 0 aliphatic heterocycles. The summed E-state index contributed by atoms with van der Waals surface area (Å²) in [6, 6.07) is 8.16. The van der Waals surface area contributed by atoms with Gasteiger partial charge in [-0.3, -0.25) is 4.98 Å². The molecule has 0 unspecified atom stereocenters. The summed E-state index contributed by atoms with van der Waals surface area (Å²) in [5, 5.41) is 11.6. The van der Waals surface area contributed by atoms with E-state index < -0.39 is 0 Å². The van der Waals surface area contributed by atoms with Gasteiger partial charge in [0, 0.05) is 23.3 Å². The van der Waals surface area contributed by atoms with Crippen LogP contribution >= 0.6 is 0 Å². The van der Waals surface area contributed by atoms with Gasteiger partial charge in [-0.2, -0.15) is 0 Å². The molecule has 2 aromatic rings. The number of hydrogen-bond acceptors (Lipinski definition) is 2. The third-order valence-electron chi connectivity index (χ3n) is 2.96. The molecule has 0 aliphatic carbocycles. The Labute approximate surface area is 102 Å². The first-order valence-corrected chi connectivity index (χ1v) is 5.86. The molecule has 2 nitrogen and oxygen atoms in total. The first-order chi connectivity index (χ1) is 8.22. The van der Waals surface area contributed by atoms with E-state index in [1.54, 1.807) is 0 Å². The minimum absolute atomic E-state index is 0.0981. The van der Waals surface area contributed by atoms with Crippen molar-refractivity contribution in [3.8, 4) is 0 Å². The van der Waals surface area contributed by atoms with Crippen LogP contribution in [0.4, 0.5) is 0 Å². The van der Waals surface area contributed by atoms with Gasteiger partial charge in [0.1, 0.15) is 0 Å². The molecule has 0 bridgehead atoms. The van der Waals surface area contributed by atoms with E-state index in [4.69, 9.17) is 0 Å². The molecule has 1 N–H and O–H groups in total. The fourth-order valence-electron chi connectivity index (χ4n) is 1.85. The second kappa shape index (κ2) is 5.11. The lowest BCUT2D eigenvalue weighted by molar-refractivity contribution is 0.320. The fourth-order valence-corrected chi connectivity index (χ4v) is 1.85. The Hall–Kier alpha value is -1.67. The topological polar surface area (TPSA) is 33.1 Å². The van der Waals surface area contributed by atoms with E-state index in [1.165, 1.54) is 5.39 Å². The minimum Gasteiger partial charge on any atom is -0.392 e. The summed E-state index contributed by atoms with van der Waals surface area (Å²) < 4.78 is 0. The van der Waals surface area contributed by atoms with E-state index in [-0.39, 0.29) is 6.61 Å². The zero-order valence-corrected chi connectivity index (χ0v) is 10.2. The molecule has 2 rings (SSSR count). The Balaban J connectivity index is 2.56. The van der Waals surface area contributed by atoms with Gasteiger partial charge in [0.2, 0.25) is 0 Å². The quantitative estimate of drug-likeness (QED) is 0.873. The molecule has 0 fully saturated rings. The molecule has 88 valence electrons. The second-order valence-corrected chi connectivity index (χ2v) is 4.48. The van der Waals surface area contributed by atoms with Crippen molar-refractivity contribution in [1.29, 1.82) is 0 Å². The Morgan fingerprint density at radius 2 is 2.06 bits per heavy atom. The van der Waals surface area contributed by atoms with Crippen molar-refractivity contribution in [2.75, 3.05) is 6.61 Å². The molecular weight excluding hydrogens is 210 g/mol. The summed E-state index contributed by atoms with van der Waals surface area (Å²) >= 11 is 0. The zero-order chi connectivity index (χ0) is 12.3. The van der Waals surface area contributed by atoms with Gasteiger partial charge >= 0.3 is 0 Å². The van der Waals surface area contributed by atoms with Crippen LogP contribution in [0.3, 0.4) is 0 Å². The van der Waals surface area contributed by atoms with Gasteiger partial charge in [-0.15, -0.1) is 0 Å². The number of hydrogen-bond donors (Lipinski definition) is 1. The maximum Gasteiger partial charge on any atom is 0.0647 e. The predicted molar refractivity (Wildman–Crippen MR) is 71.6 cm³/mol. The maximum atomic E-state index is 9.34. The molecule has 0 saturated heterocycles. The average molecular weight is 227 g/mol. The Kier molecular flexibility index (Phi) is 3.55. The van der Waals surface area contributed by atoms with E-state index >= 15 is 0 Å². The second-order valence-electron chi connectivity index (χ2n) is 4.48. The molecule has 1 heterocycles. The van der Waals surface area contributed by atoms with Gasteiger partial charge in [-0.25, -0.2) is 0 Å². The lowest BCUT2D eigenvalue weighted by Crippen LogP contribution is -1.99. The fraction of sp³-hybridized carbons (Fsp3) is 0.267. The molecule has 0 atom stereocenters. The highest BCUT2D eigenvalue weighted by atomic mass is 16.3. The zero-order valence-electron chi connectivity index (χ0n) is 10.2. The maximum absolute atomic E-state index is 9.34. The first-order valence-electron chi connectivity index (χ1n) is 5.86. The van der Waals surface area contributed by atoms with Gasteiger partial charge in [0.15, 0.2) is 0 Å². The number of aliphatic hydroxyl groups excluding tert-OH is 1. The van der Waals surface area contributed by atoms with Crippen molar-refractivity contribution >= 4 is 16.8 Å². The van der Waals surface area contributed by atoms with Crippen molar-refractivity contribution in [3.63, 3.8) is 0 Å². The third kappa shape index (κ3) is 2.53. The van der Waals surface area contributed by atoms with Crippen molar-refractivity contribution in [1.82, 2.24) is 4.98 Å². The smallest absolute Gasteiger partial charge is 0.0647 e. The molecule has 2 heteroatoms. The summed E-state index contributed by atoms with van der Waals surface area (Å²) in [5.74, 6) is 0.346. The summed E-state index contributed by atoms with van der Waals surface area (Å²) in [6.45, 7) is 4.27. The summed E-state index contributed by atoms with van der Waals surface area (Å²) in [7, 11) is 0. The standard InChI is InChI=1S/C15H17NO/c1-11(2)14(10-17)7-13-9-16-8-12-5-3-4-6-15(12)13/h3-9,11,17H,10H2,1-2H3/b14-7+. The van der Waals surface area contributed by atoms with Crippen LogP contribution in [-0.2, 0) is 0 Å². The van der Waals surface area contributed by atoms with Crippen LogP contribution in [0.1, 0.15) is 19.4 Å². The van der Waals surface area contributed by atoms with Gasteiger partial charge in [0.05, 0.1) is 6.61 Å². The monoisotopic (exact) mass is 227 g/mol. The molecular formula is C15H17NO. The van der Waals surface area contributed by atoms with Crippen molar-refractivity contribution in [2.24, 2.45) is 5.92 Å². The van der Waals surface area contributed by atoms with E-state index in [0.29, 0.717) is 5.92 Å². The van der Waals surface area contributed by atoms with Crippen LogP contribution in [0.5, 0.6) is 0 Å². The average Bonchev–Trinajstić information content (AvgIpc) is 2.35. The van der Waals surface area contributed by atoms with Crippen LogP contribution < -0.4 is 0 Å². The van der Waals surface area contributed by atoms with Crippen molar-refractivity contribution in [3.05, 3.63) is 47.8 Å². The Morgan fingerprint density at radius 1 is 1.29 bits per heavy atom. The van der Waals surface area contributed by atoms with Crippen LogP contribution in [0.15, 0.2) is 42.2 Å². The van der Waals surface area contributed by atoms with Crippen LogP contribution in [0.2, 0.25) is 0 Å². The normalized spacial score (nSPS) is 12.4. The molecule has 0 spiro atoms. The first kappa shape index (κ1) is 11.8. The van der Waals surface area contributed by atoms with Crippen LogP contribution in [0.25, 0.3) is 16.8 Å². The predicted octanol–water partition coefficient (Wildman–Crippen LogP) is 3.27. The number of benzene rings is 1. The van der Waals surface area contributed by atoms with Gasteiger partial charge in [-0.05, 0) is 16.9 Å². The number of rotatable bonds is 3. The highest BCUT2D eigenvalue weighted by molar-refractivity contribution is 5.89. The lowest BCUT2D eigenvalue weighted by atomic mass is 9.99. The van der Waals surface area contributed by atoms with E-state index in [1.807, 2.05) is 36.7 Å². The minimum atomic E-state index is 0.0981. The SMILES string of the molecule is CC(C)/C(=C/c1cncc2ccccc12)CO. The largest absolute Gasteiger partial charge is 0.392 e. The highest BCUT2D eigenvalue weighted by Crippen LogP contribution is 2.21. The molecule has 0 saturated carbocycles. The molecule has 0 amide bonds. The molecule has 1 aromatic carbocycles. The lowest BCUT2D eigenvalue weighted by Gasteiger charge is -2.09. The molecule has 0 aliphatic rings. The molecule has 17 heavy (non-hydrogen) atoms. The molecule has 0 radical (unpaired) electrons. The van der Waals surface area contributed by atoms with Crippen LogP contribution in [0, 0.1) is 5.92 Å². The van der Waals surface area contributed by atoms with Crippen molar-refractivity contribution < 1.29 is 5.11 Å². The Morgan fingerprint density at radius 3 is 2.76 bits per heavy atom. The van der Waals surface area contributed by atoms with Gasteiger partial charge in [0.25, 0.3) is 0 Å². The summed E-state index contributed by atoms with van der Waals surface area (Å²) in [4.78, 5) is 4.23. The van der Waals surface area contributed by atoms with E-state index in [9.17, 15) is 5.11 Å². The highest BCUT2D eigenvalue weighted by Gasteiger charge is 2.04. The number of aromatic nitrogens is 1. The Bertz CT molecular complexity index is 538. The van der Waals surface area contributed by atoms with Crippen molar-refractivity contribution in [2.45, 2.75) is 13.8 Å². The van der Waals surface area contributed by atoms with E-state index in [0.717, 1.165) is 16.5 Å².